The fourth-order valence-electron chi connectivity index (χ4n) is 4.12. The van der Waals surface area contributed by atoms with Crippen molar-refractivity contribution in [2.75, 3.05) is 13.1 Å². The van der Waals surface area contributed by atoms with E-state index in [0.717, 1.165) is 46.2 Å². The van der Waals surface area contributed by atoms with Gasteiger partial charge in [0, 0.05) is 30.1 Å². The molecule has 0 spiro atoms. The fourth-order valence-corrected chi connectivity index (χ4v) is 7.48. The SMILES string of the molecule is NC1CCC(NC(=O)C2N(C(=O)Cc3cccs3)CCN2S(=O)(=O)c2cccs2)CC1. The summed E-state index contributed by atoms with van der Waals surface area (Å²) in [4.78, 5) is 28.6. The highest BCUT2D eigenvalue weighted by molar-refractivity contribution is 7.91. The number of carbonyl (C=O) groups excluding carboxylic acids is 2. The zero-order chi connectivity index (χ0) is 22.0. The minimum absolute atomic E-state index is 0.0616. The van der Waals surface area contributed by atoms with E-state index in [9.17, 15) is 18.0 Å². The zero-order valence-electron chi connectivity index (χ0n) is 17.0. The predicted molar refractivity (Wildman–Crippen MR) is 120 cm³/mol. The van der Waals surface area contributed by atoms with Crippen LogP contribution in [0.4, 0.5) is 0 Å². The maximum atomic E-state index is 13.3. The first-order chi connectivity index (χ1) is 14.9. The predicted octanol–water partition coefficient (Wildman–Crippen LogP) is 1.60. The van der Waals surface area contributed by atoms with Crippen LogP contribution in [0.3, 0.4) is 0 Å². The summed E-state index contributed by atoms with van der Waals surface area (Å²) in [7, 11) is -3.89. The standard InChI is InChI=1S/C20H26N4O4S3/c21-14-5-7-15(8-6-14)22-19(26)20-23(17(25)13-16-3-1-11-29-16)9-10-24(20)31(27,28)18-4-2-12-30-18/h1-4,11-12,14-15,20H,5-10,13,21H2,(H,22,26). The molecule has 2 aromatic heterocycles. The Hall–Kier alpha value is -1.79. The first-order valence-electron chi connectivity index (χ1n) is 10.3. The second kappa shape index (κ2) is 9.37. The number of amides is 2. The lowest BCUT2D eigenvalue weighted by molar-refractivity contribution is -0.140. The monoisotopic (exact) mass is 482 g/mol. The molecule has 0 bridgehead atoms. The van der Waals surface area contributed by atoms with Crippen molar-refractivity contribution < 1.29 is 18.0 Å². The van der Waals surface area contributed by atoms with Crippen molar-refractivity contribution in [1.29, 1.82) is 0 Å². The Morgan fingerprint density at radius 2 is 1.77 bits per heavy atom. The van der Waals surface area contributed by atoms with Gasteiger partial charge in [-0.1, -0.05) is 12.1 Å². The lowest BCUT2D eigenvalue weighted by atomic mass is 9.92. The van der Waals surface area contributed by atoms with Gasteiger partial charge in [0.15, 0.2) is 6.17 Å². The molecule has 2 aromatic rings. The van der Waals surface area contributed by atoms with E-state index < -0.39 is 22.1 Å². The van der Waals surface area contributed by atoms with Gasteiger partial charge in [-0.2, -0.15) is 4.31 Å². The van der Waals surface area contributed by atoms with E-state index in [-0.39, 0.29) is 41.7 Å². The minimum atomic E-state index is -3.89. The zero-order valence-corrected chi connectivity index (χ0v) is 19.4. The quantitative estimate of drug-likeness (QED) is 0.649. The molecule has 3 heterocycles. The topological polar surface area (TPSA) is 113 Å². The molecule has 1 aliphatic heterocycles. The summed E-state index contributed by atoms with van der Waals surface area (Å²) in [5.74, 6) is -0.699. The molecule has 1 atom stereocenters. The summed E-state index contributed by atoms with van der Waals surface area (Å²) < 4.78 is 27.8. The van der Waals surface area contributed by atoms with Crippen LogP contribution in [-0.2, 0) is 26.0 Å². The van der Waals surface area contributed by atoms with Gasteiger partial charge in [-0.05, 0) is 48.6 Å². The third-order valence-electron chi connectivity index (χ3n) is 5.77. The highest BCUT2D eigenvalue weighted by atomic mass is 32.2. The molecule has 8 nitrogen and oxygen atoms in total. The molecular weight excluding hydrogens is 456 g/mol. The number of hydrogen-bond donors (Lipinski definition) is 2. The average molecular weight is 483 g/mol. The summed E-state index contributed by atoms with van der Waals surface area (Å²) >= 11 is 2.57. The third-order valence-corrected chi connectivity index (χ3v) is 9.87. The summed E-state index contributed by atoms with van der Waals surface area (Å²) in [6.45, 7) is 0.270. The van der Waals surface area contributed by atoms with Crippen molar-refractivity contribution in [1.82, 2.24) is 14.5 Å². The van der Waals surface area contributed by atoms with Crippen LogP contribution in [0.1, 0.15) is 30.6 Å². The molecule has 0 aromatic carbocycles. The Balaban J connectivity index is 1.57. The molecule has 1 saturated heterocycles. The molecule has 0 radical (unpaired) electrons. The molecule has 2 amide bonds. The first-order valence-corrected chi connectivity index (χ1v) is 13.5. The largest absolute Gasteiger partial charge is 0.350 e. The summed E-state index contributed by atoms with van der Waals surface area (Å²) in [6, 6.07) is 6.98. The van der Waals surface area contributed by atoms with Crippen LogP contribution in [-0.4, -0.2) is 60.8 Å². The Kier molecular flexibility index (Phi) is 6.77. The number of sulfonamides is 1. The molecule has 168 valence electrons. The van der Waals surface area contributed by atoms with Gasteiger partial charge in [0.1, 0.15) is 4.21 Å². The van der Waals surface area contributed by atoms with Gasteiger partial charge in [0.05, 0.1) is 6.42 Å². The second-order valence-electron chi connectivity index (χ2n) is 7.89. The second-order valence-corrected chi connectivity index (χ2v) is 12.0. The van der Waals surface area contributed by atoms with Crippen LogP contribution in [0.2, 0.25) is 0 Å². The van der Waals surface area contributed by atoms with E-state index in [1.807, 2.05) is 17.5 Å². The smallest absolute Gasteiger partial charge is 0.259 e. The Labute approximate surface area is 190 Å². The summed E-state index contributed by atoms with van der Waals surface area (Å²) in [6.07, 6.45) is 2.09. The molecule has 2 aliphatic rings. The highest BCUT2D eigenvalue weighted by Gasteiger charge is 2.47. The van der Waals surface area contributed by atoms with Gasteiger partial charge in [-0.25, -0.2) is 8.42 Å². The van der Waals surface area contributed by atoms with Crippen LogP contribution in [0.15, 0.2) is 39.2 Å². The summed E-state index contributed by atoms with van der Waals surface area (Å²) in [5, 5.41) is 6.55. The number of carbonyl (C=O) groups is 2. The van der Waals surface area contributed by atoms with Gasteiger partial charge < -0.3 is 16.0 Å². The molecular formula is C20H26N4O4S3. The van der Waals surface area contributed by atoms with Crippen LogP contribution < -0.4 is 11.1 Å². The van der Waals surface area contributed by atoms with E-state index in [4.69, 9.17) is 5.73 Å². The van der Waals surface area contributed by atoms with E-state index >= 15 is 0 Å². The molecule has 1 aliphatic carbocycles. The Morgan fingerprint density at radius 3 is 2.42 bits per heavy atom. The van der Waals surface area contributed by atoms with Gasteiger partial charge in [0.25, 0.3) is 15.9 Å². The number of hydrogen-bond acceptors (Lipinski definition) is 7. The van der Waals surface area contributed by atoms with Gasteiger partial charge in [0.2, 0.25) is 5.91 Å². The molecule has 3 N–H and O–H groups in total. The normalized spacial score (nSPS) is 24.9. The van der Waals surface area contributed by atoms with Gasteiger partial charge >= 0.3 is 0 Å². The van der Waals surface area contributed by atoms with Gasteiger partial charge in [-0.15, -0.1) is 22.7 Å². The highest BCUT2D eigenvalue weighted by Crippen LogP contribution is 2.28. The maximum absolute atomic E-state index is 13.3. The lowest BCUT2D eigenvalue weighted by Gasteiger charge is -2.32. The van der Waals surface area contributed by atoms with Crippen LogP contribution in [0.25, 0.3) is 0 Å². The van der Waals surface area contributed by atoms with E-state index in [2.05, 4.69) is 5.32 Å². The van der Waals surface area contributed by atoms with Crippen LogP contribution in [0.5, 0.6) is 0 Å². The number of nitrogens with two attached hydrogens (primary N) is 1. The van der Waals surface area contributed by atoms with E-state index in [1.54, 1.807) is 11.4 Å². The van der Waals surface area contributed by atoms with Gasteiger partial charge in [-0.3, -0.25) is 9.59 Å². The average Bonchev–Trinajstić information content (AvgIpc) is 3.50. The van der Waals surface area contributed by atoms with Crippen molar-refractivity contribution in [3.8, 4) is 0 Å². The minimum Gasteiger partial charge on any atom is -0.350 e. The number of rotatable bonds is 6. The Morgan fingerprint density at radius 1 is 1.06 bits per heavy atom. The molecule has 1 unspecified atom stereocenters. The number of thiophene rings is 2. The third kappa shape index (κ3) is 4.85. The lowest BCUT2D eigenvalue weighted by Crippen LogP contribution is -2.56. The van der Waals surface area contributed by atoms with E-state index in [1.165, 1.54) is 22.3 Å². The van der Waals surface area contributed by atoms with Crippen molar-refractivity contribution in [2.24, 2.45) is 5.73 Å². The van der Waals surface area contributed by atoms with Crippen LogP contribution >= 0.6 is 22.7 Å². The van der Waals surface area contributed by atoms with Crippen molar-refractivity contribution in [2.45, 2.75) is 54.6 Å². The van der Waals surface area contributed by atoms with Crippen molar-refractivity contribution >= 4 is 44.5 Å². The Bertz CT molecular complexity index is 999. The molecule has 11 heteroatoms. The molecule has 4 rings (SSSR count). The maximum Gasteiger partial charge on any atom is 0.259 e. The first kappa shape index (κ1) is 22.4. The number of nitrogens with zero attached hydrogens (tertiary/aromatic N) is 2. The van der Waals surface area contributed by atoms with Crippen molar-refractivity contribution in [3.05, 3.63) is 39.9 Å². The summed E-state index contributed by atoms with van der Waals surface area (Å²) in [5.41, 5.74) is 5.96. The number of nitrogens with one attached hydrogen (secondary N) is 1. The van der Waals surface area contributed by atoms with E-state index in [0.29, 0.717) is 0 Å². The van der Waals surface area contributed by atoms with Crippen molar-refractivity contribution in [3.63, 3.8) is 0 Å². The fraction of sp³-hybridized carbons (Fsp3) is 0.500. The molecule has 1 saturated carbocycles. The van der Waals surface area contributed by atoms with Crippen LogP contribution in [0, 0.1) is 0 Å². The molecule has 2 fully saturated rings. The molecule has 31 heavy (non-hydrogen) atoms.